The molecule has 10 heteroatoms. The summed E-state index contributed by atoms with van der Waals surface area (Å²) in [4.78, 5) is 18.9. The molecule has 23 heavy (non-hydrogen) atoms. The molecule has 3 aromatic heterocycles. The second kappa shape index (κ2) is 4.94. The van der Waals surface area contributed by atoms with Crippen molar-refractivity contribution in [2.24, 2.45) is 0 Å². The Hall–Kier alpha value is -2.64. The number of anilines is 2. The lowest BCUT2D eigenvalue weighted by Gasteiger charge is -2.26. The summed E-state index contributed by atoms with van der Waals surface area (Å²) in [5.41, 5.74) is 7.40. The molecule has 0 saturated carbocycles. The van der Waals surface area contributed by atoms with Gasteiger partial charge >= 0.3 is 5.82 Å². The van der Waals surface area contributed by atoms with Crippen molar-refractivity contribution in [3.8, 4) is 6.07 Å². The summed E-state index contributed by atoms with van der Waals surface area (Å²) in [5, 5.41) is 22.9. The van der Waals surface area contributed by atoms with Gasteiger partial charge in [0.05, 0.1) is 12.1 Å². The molecule has 3 aromatic rings. The molecule has 0 aromatic carbocycles. The third-order valence-electron chi connectivity index (χ3n) is 3.89. The third-order valence-corrected chi connectivity index (χ3v) is 5.69. The molecule has 0 saturated heterocycles. The first-order valence-corrected chi connectivity index (χ1v) is 8.44. The minimum absolute atomic E-state index is 0.0188. The Labute approximate surface area is 138 Å². The van der Waals surface area contributed by atoms with Crippen molar-refractivity contribution in [2.75, 3.05) is 17.2 Å². The van der Waals surface area contributed by atoms with Crippen LogP contribution in [0.4, 0.5) is 16.6 Å². The Balaban J connectivity index is 1.78. The van der Waals surface area contributed by atoms with Gasteiger partial charge in [0.25, 0.3) is 4.96 Å². The van der Waals surface area contributed by atoms with Crippen LogP contribution in [0.25, 0.3) is 4.96 Å². The highest BCUT2D eigenvalue weighted by Gasteiger charge is 2.31. The number of nitriles is 1. The largest absolute Gasteiger partial charge is 0.389 e. The molecular formula is C13H10N6O2S2. The van der Waals surface area contributed by atoms with E-state index in [-0.39, 0.29) is 5.82 Å². The summed E-state index contributed by atoms with van der Waals surface area (Å²) in [7, 11) is 0. The fraction of sp³-hybridized carbons (Fsp3) is 0.231. The maximum absolute atomic E-state index is 11.4. The lowest BCUT2D eigenvalue weighted by atomic mass is 10.0. The molecule has 0 spiro atoms. The Bertz CT molecular complexity index is 979. The molecule has 0 unspecified atom stereocenters. The molecular weight excluding hydrogens is 336 g/mol. The van der Waals surface area contributed by atoms with E-state index in [1.165, 1.54) is 27.1 Å². The molecule has 0 atom stereocenters. The number of hydrogen-bond acceptors (Lipinski definition) is 8. The molecule has 1 aliphatic heterocycles. The molecule has 8 nitrogen and oxygen atoms in total. The van der Waals surface area contributed by atoms with Crippen LogP contribution in [0.15, 0.2) is 11.6 Å². The van der Waals surface area contributed by atoms with E-state index in [2.05, 4.69) is 11.1 Å². The lowest BCUT2D eigenvalue weighted by molar-refractivity contribution is -0.389. The number of thiophene rings is 1. The topological polar surface area (TPSA) is 113 Å². The fourth-order valence-electron chi connectivity index (χ4n) is 2.87. The second-order valence-corrected chi connectivity index (χ2v) is 7.11. The maximum atomic E-state index is 11.4. The Kier molecular flexibility index (Phi) is 3.00. The summed E-state index contributed by atoms with van der Waals surface area (Å²) < 4.78 is 1.50. The molecule has 116 valence electrons. The van der Waals surface area contributed by atoms with E-state index in [9.17, 15) is 15.4 Å². The van der Waals surface area contributed by atoms with Gasteiger partial charge in [-0.05, 0) is 16.9 Å². The van der Waals surface area contributed by atoms with Gasteiger partial charge < -0.3 is 20.7 Å². The molecule has 0 aliphatic carbocycles. The number of aromatic nitrogens is 2. The first-order valence-electron chi connectivity index (χ1n) is 6.75. The van der Waals surface area contributed by atoms with Gasteiger partial charge in [-0.3, -0.25) is 0 Å². The Morgan fingerprint density at radius 2 is 2.35 bits per heavy atom. The normalized spacial score (nSPS) is 14.0. The zero-order chi connectivity index (χ0) is 16.1. The molecule has 0 amide bonds. The first kappa shape index (κ1) is 14.0. The Morgan fingerprint density at radius 3 is 3.09 bits per heavy atom. The van der Waals surface area contributed by atoms with Gasteiger partial charge in [0.2, 0.25) is 5.82 Å². The maximum Gasteiger partial charge on any atom is 0.373 e. The van der Waals surface area contributed by atoms with Crippen LogP contribution in [0.3, 0.4) is 0 Å². The van der Waals surface area contributed by atoms with Crippen molar-refractivity contribution in [1.29, 1.82) is 5.26 Å². The third kappa shape index (κ3) is 1.97. The summed E-state index contributed by atoms with van der Waals surface area (Å²) in [6.45, 7) is 1.06. The number of nitrogens with two attached hydrogens (primary N) is 1. The van der Waals surface area contributed by atoms with Gasteiger partial charge in [0.1, 0.15) is 17.3 Å². The van der Waals surface area contributed by atoms with E-state index < -0.39 is 4.92 Å². The fourth-order valence-corrected chi connectivity index (χ4v) is 4.66. The quantitative estimate of drug-likeness (QED) is 0.563. The standard InChI is InChI=1S/C13H10N6O2S2/c14-5-8-7-1-2-17(6-9(7)23-10(8)15)11-12(19(20)21)18-3-4-22-13(18)16-11/h3-4H,1-2,6,15H2. The number of nitro groups is 1. The van der Waals surface area contributed by atoms with Crippen LogP contribution in [-0.4, -0.2) is 20.9 Å². The van der Waals surface area contributed by atoms with Crippen LogP contribution in [-0.2, 0) is 13.0 Å². The van der Waals surface area contributed by atoms with E-state index >= 15 is 0 Å². The van der Waals surface area contributed by atoms with Crippen LogP contribution in [0.1, 0.15) is 16.0 Å². The first-order chi connectivity index (χ1) is 11.1. The molecule has 0 fully saturated rings. The minimum atomic E-state index is -0.402. The van der Waals surface area contributed by atoms with Crippen molar-refractivity contribution in [2.45, 2.75) is 13.0 Å². The highest BCUT2D eigenvalue weighted by molar-refractivity contribution is 7.16. The SMILES string of the molecule is N#Cc1c(N)sc2c1CCN(c1nc3sccn3c1[N+](=O)[O-])C2. The van der Waals surface area contributed by atoms with E-state index in [0.717, 1.165) is 10.4 Å². The summed E-state index contributed by atoms with van der Waals surface area (Å²) in [6.07, 6.45) is 2.29. The minimum Gasteiger partial charge on any atom is -0.389 e. The number of nitrogen functional groups attached to an aromatic ring is 1. The van der Waals surface area contributed by atoms with Crippen molar-refractivity contribution < 1.29 is 4.92 Å². The number of fused-ring (bicyclic) bond motifs is 2. The van der Waals surface area contributed by atoms with Gasteiger partial charge in [-0.2, -0.15) is 14.6 Å². The summed E-state index contributed by atoms with van der Waals surface area (Å²) in [5.74, 6) is 0.354. The molecule has 0 bridgehead atoms. The molecule has 4 heterocycles. The average Bonchev–Trinajstić information content (AvgIpc) is 3.16. The van der Waals surface area contributed by atoms with Gasteiger partial charge in [0, 0.05) is 16.8 Å². The van der Waals surface area contributed by atoms with E-state index in [1.807, 2.05) is 4.90 Å². The number of thiazole rings is 1. The number of rotatable bonds is 2. The number of hydrogen-bond donors (Lipinski definition) is 1. The number of imidazole rings is 1. The second-order valence-electron chi connectivity index (χ2n) is 5.10. The van der Waals surface area contributed by atoms with Gasteiger partial charge in [-0.25, -0.2) is 0 Å². The average molecular weight is 346 g/mol. The predicted octanol–water partition coefficient (Wildman–Crippen LogP) is 2.38. The van der Waals surface area contributed by atoms with E-state index in [0.29, 0.717) is 40.9 Å². The van der Waals surface area contributed by atoms with Crippen molar-refractivity contribution in [3.63, 3.8) is 0 Å². The van der Waals surface area contributed by atoms with Gasteiger partial charge in [-0.1, -0.05) is 11.3 Å². The summed E-state index contributed by atoms with van der Waals surface area (Å²) in [6, 6.07) is 2.15. The summed E-state index contributed by atoms with van der Waals surface area (Å²) >= 11 is 2.73. The lowest BCUT2D eigenvalue weighted by Crippen LogP contribution is -2.30. The van der Waals surface area contributed by atoms with Crippen molar-refractivity contribution in [1.82, 2.24) is 9.38 Å². The smallest absolute Gasteiger partial charge is 0.373 e. The van der Waals surface area contributed by atoms with Crippen LogP contribution < -0.4 is 10.6 Å². The van der Waals surface area contributed by atoms with Crippen LogP contribution in [0, 0.1) is 21.4 Å². The van der Waals surface area contributed by atoms with E-state index in [4.69, 9.17) is 5.73 Å². The van der Waals surface area contributed by atoms with Gasteiger partial charge in [-0.15, -0.1) is 11.3 Å². The molecule has 4 rings (SSSR count). The zero-order valence-corrected chi connectivity index (χ0v) is 13.4. The van der Waals surface area contributed by atoms with Crippen LogP contribution in [0.5, 0.6) is 0 Å². The Morgan fingerprint density at radius 1 is 1.52 bits per heavy atom. The van der Waals surface area contributed by atoms with Crippen LogP contribution in [0.2, 0.25) is 0 Å². The van der Waals surface area contributed by atoms with Crippen molar-refractivity contribution in [3.05, 3.63) is 37.7 Å². The number of nitrogens with zero attached hydrogens (tertiary/aromatic N) is 5. The highest BCUT2D eigenvalue weighted by Crippen LogP contribution is 2.38. The predicted molar refractivity (Wildman–Crippen MR) is 87.9 cm³/mol. The van der Waals surface area contributed by atoms with Gasteiger partial charge in [0.15, 0.2) is 0 Å². The molecule has 2 N–H and O–H groups in total. The van der Waals surface area contributed by atoms with Crippen LogP contribution >= 0.6 is 22.7 Å². The molecule has 0 radical (unpaired) electrons. The highest BCUT2D eigenvalue weighted by atomic mass is 32.1. The molecule has 1 aliphatic rings. The van der Waals surface area contributed by atoms with Crippen molar-refractivity contribution >= 4 is 44.3 Å². The van der Waals surface area contributed by atoms with E-state index in [1.54, 1.807) is 11.6 Å². The monoisotopic (exact) mass is 346 g/mol. The zero-order valence-electron chi connectivity index (χ0n) is 11.7.